The van der Waals surface area contributed by atoms with E-state index in [2.05, 4.69) is 28.0 Å². The van der Waals surface area contributed by atoms with Crippen molar-refractivity contribution >= 4 is 17.1 Å². The molecule has 2 fully saturated rings. The van der Waals surface area contributed by atoms with E-state index in [1.54, 1.807) is 0 Å². The Kier molecular flexibility index (Phi) is 4.34. The van der Waals surface area contributed by atoms with E-state index in [-0.39, 0.29) is 0 Å². The highest BCUT2D eigenvalue weighted by Crippen LogP contribution is 2.31. The molecule has 1 aromatic carbocycles. The minimum absolute atomic E-state index is 0.954. The second kappa shape index (κ2) is 6.38. The number of piperidine rings is 1. The van der Waals surface area contributed by atoms with Crippen LogP contribution in [0.2, 0.25) is 0 Å². The first-order chi connectivity index (χ1) is 9.84. The molecular weight excluding hydrogens is 246 g/mol. The fourth-order valence-corrected chi connectivity index (χ4v) is 3.49. The number of nitrogens with zero attached hydrogens (tertiary/aromatic N) is 2. The molecule has 0 atom stereocenters. The Bertz CT molecular complexity index is 430. The molecule has 0 unspecified atom stereocenters. The average molecular weight is 273 g/mol. The summed E-state index contributed by atoms with van der Waals surface area (Å²) in [5.41, 5.74) is 9.84. The van der Waals surface area contributed by atoms with Crippen molar-refractivity contribution in [1.82, 2.24) is 0 Å². The Morgan fingerprint density at radius 3 is 1.85 bits per heavy atom. The van der Waals surface area contributed by atoms with Gasteiger partial charge in [-0.25, -0.2) is 0 Å². The summed E-state index contributed by atoms with van der Waals surface area (Å²) in [5.74, 6) is 0. The Morgan fingerprint density at radius 2 is 1.25 bits per heavy atom. The van der Waals surface area contributed by atoms with E-state index in [4.69, 9.17) is 5.73 Å². The van der Waals surface area contributed by atoms with Crippen LogP contribution in [0.5, 0.6) is 0 Å². The second-order valence-corrected chi connectivity index (χ2v) is 6.19. The zero-order chi connectivity index (χ0) is 13.8. The van der Waals surface area contributed by atoms with Gasteiger partial charge in [0.1, 0.15) is 0 Å². The molecule has 3 heteroatoms. The quantitative estimate of drug-likeness (QED) is 0.835. The van der Waals surface area contributed by atoms with Crippen LogP contribution in [0, 0.1) is 0 Å². The fourth-order valence-electron chi connectivity index (χ4n) is 3.49. The lowest BCUT2D eigenvalue weighted by molar-refractivity contribution is 0.578. The van der Waals surface area contributed by atoms with E-state index in [0.29, 0.717) is 0 Å². The summed E-state index contributed by atoms with van der Waals surface area (Å²) >= 11 is 0. The summed E-state index contributed by atoms with van der Waals surface area (Å²) in [4.78, 5) is 4.95. The SMILES string of the molecule is Nc1cc(N2CCCCC2)ccc1N1CCCCCC1. The Labute approximate surface area is 122 Å². The zero-order valence-corrected chi connectivity index (χ0v) is 12.5. The predicted octanol–water partition coefficient (Wildman–Crippen LogP) is 3.64. The van der Waals surface area contributed by atoms with Gasteiger partial charge >= 0.3 is 0 Å². The molecule has 1 aromatic rings. The van der Waals surface area contributed by atoms with Crippen molar-refractivity contribution in [3.8, 4) is 0 Å². The van der Waals surface area contributed by atoms with Gasteiger partial charge in [-0.3, -0.25) is 0 Å². The van der Waals surface area contributed by atoms with Crippen molar-refractivity contribution in [2.75, 3.05) is 41.7 Å². The molecule has 0 bridgehead atoms. The minimum Gasteiger partial charge on any atom is -0.397 e. The molecule has 0 amide bonds. The maximum atomic E-state index is 6.34. The summed E-state index contributed by atoms with van der Waals surface area (Å²) in [6.45, 7) is 4.69. The summed E-state index contributed by atoms with van der Waals surface area (Å²) < 4.78 is 0. The monoisotopic (exact) mass is 273 g/mol. The number of anilines is 3. The van der Waals surface area contributed by atoms with Gasteiger partial charge in [0, 0.05) is 31.9 Å². The van der Waals surface area contributed by atoms with Gasteiger partial charge in [-0.15, -0.1) is 0 Å². The molecular formula is C17H27N3. The third kappa shape index (κ3) is 3.02. The van der Waals surface area contributed by atoms with Crippen molar-refractivity contribution < 1.29 is 0 Å². The van der Waals surface area contributed by atoms with Gasteiger partial charge in [-0.2, -0.15) is 0 Å². The first kappa shape index (κ1) is 13.6. The average Bonchev–Trinajstić information content (AvgIpc) is 2.77. The molecule has 2 aliphatic heterocycles. The number of benzene rings is 1. The molecule has 2 heterocycles. The Hall–Kier alpha value is -1.38. The smallest absolute Gasteiger partial charge is 0.0601 e. The lowest BCUT2D eigenvalue weighted by Gasteiger charge is -2.30. The van der Waals surface area contributed by atoms with Gasteiger partial charge in [-0.05, 0) is 50.3 Å². The number of hydrogen-bond donors (Lipinski definition) is 1. The maximum absolute atomic E-state index is 6.34. The summed E-state index contributed by atoms with van der Waals surface area (Å²) in [7, 11) is 0. The Balaban J connectivity index is 1.75. The topological polar surface area (TPSA) is 32.5 Å². The van der Waals surface area contributed by atoms with Crippen LogP contribution >= 0.6 is 0 Å². The van der Waals surface area contributed by atoms with Gasteiger partial charge in [-0.1, -0.05) is 12.8 Å². The van der Waals surface area contributed by atoms with Crippen molar-refractivity contribution in [3.63, 3.8) is 0 Å². The lowest BCUT2D eigenvalue weighted by atomic mass is 10.1. The minimum atomic E-state index is 0.954. The highest BCUT2D eigenvalue weighted by molar-refractivity contribution is 5.73. The summed E-state index contributed by atoms with van der Waals surface area (Å²) in [6.07, 6.45) is 9.32. The Morgan fingerprint density at radius 1 is 0.700 bits per heavy atom. The fraction of sp³-hybridized carbons (Fsp3) is 0.647. The van der Waals surface area contributed by atoms with Gasteiger partial charge in [0.2, 0.25) is 0 Å². The third-order valence-electron chi connectivity index (χ3n) is 4.68. The molecule has 2 saturated heterocycles. The number of rotatable bonds is 2. The van der Waals surface area contributed by atoms with Gasteiger partial charge in [0.15, 0.2) is 0 Å². The van der Waals surface area contributed by atoms with Crippen molar-refractivity contribution in [1.29, 1.82) is 0 Å². The van der Waals surface area contributed by atoms with E-state index in [0.717, 1.165) is 18.8 Å². The summed E-state index contributed by atoms with van der Waals surface area (Å²) in [6, 6.07) is 6.69. The lowest BCUT2D eigenvalue weighted by Crippen LogP contribution is -2.30. The molecule has 2 N–H and O–H groups in total. The highest BCUT2D eigenvalue weighted by Gasteiger charge is 2.15. The normalized spacial score (nSPS) is 20.8. The first-order valence-corrected chi connectivity index (χ1v) is 8.24. The van der Waals surface area contributed by atoms with Crippen molar-refractivity contribution in [3.05, 3.63) is 18.2 Å². The maximum Gasteiger partial charge on any atom is 0.0601 e. The highest BCUT2D eigenvalue weighted by atomic mass is 15.1. The van der Waals surface area contributed by atoms with Gasteiger partial charge in [0.05, 0.1) is 11.4 Å². The van der Waals surface area contributed by atoms with Crippen molar-refractivity contribution in [2.24, 2.45) is 0 Å². The molecule has 2 aliphatic rings. The summed E-state index contributed by atoms with van der Waals surface area (Å²) in [5, 5.41) is 0. The zero-order valence-electron chi connectivity index (χ0n) is 12.5. The molecule has 110 valence electrons. The second-order valence-electron chi connectivity index (χ2n) is 6.19. The van der Waals surface area contributed by atoms with E-state index < -0.39 is 0 Å². The van der Waals surface area contributed by atoms with Crippen LogP contribution in [0.1, 0.15) is 44.9 Å². The largest absolute Gasteiger partial charge is 0.397 e. The molecule has 20 heavy (non-hydrogen) atoms. The van der Waals surface area contributed by atoms with Crippen LogP contribution in [-0.4, -0.2) is 26.2 Å². The third-order valence-corrected chi connectivity index (χ3v) is 4.68. The van der Waals surface area contributed by atoms with Gasteiger partial charge < -0.3 is 15.5 Å². The molecule has 0 saturated carbocycles. The number of hydrogen-bond acceptors (Lipinski definition) is 3. The van der Waals surface area contributed by atoms with Crippen LogP contribution < -0.4 is 15.5 Å². The molecule has 0 aromatic heterocycles. The number of nitrogen functional groups attached to an aromatic ring is 1. The number of nitrogens with two attached hydrogens (primary N) is 1. The van der Waals surface area contributed by atoms with Crippen LogP contribution in [-0.2, 0) is 0 Å². The standard InChI is InChI=1S/C17H27N3/c18-16-14-15(19-10-6-3-7-11-19)8-9-17(16)20-12-4-1-2-5-13-20/h8-9,14H,1-7,10-13,18H2. The van der Waals surface area contributed by atoms with E-state index in [1.165, 1.54) is 69.4 Å². The molecule has 3 nitrogen and oxygen atoms in total. The molecule has 0 radical (unpaired) electrons. The molecule has 0 spiro atoms. The van der Waals surface area contributed by atoms with Crippen LogP contribution in [0.25, 0.3) is 0 Å². The predicted molar refractivity (Wildman–Crippen MR) is 87.6 cm³/mol. The van der Waals surface area contributed by atoms with Crippen molar-refractivity contribution in [2.45, 2.75) is 44.9 Å². The van der Waals surface area contributed by atoms with Crippen LogP contribution in [0.3, 0.4) is 0 Å². The molecule has 3 rings (SSSR count). The molecule has 0 aliphatic carbocycles. The first-order valence-electron chi connectivity index (χ1n) is 8.24. The van der Waals surface area contributed by atoms with E-state index in [9.17, 15) is 0 Å². The van der Waals surface area contributed by atoms with E-state index >= 15 is 0 Å². The van der Waals surface area contributed by atoms with Crippen LogP contribution in [0.4, 0.5) is 17.1 Å². The van der Waals surface area contributed by atoms with Gasteiger partial charge in [0.25, 0.3) is 0 Å². The van der Waals surface area contributed by atoms with E-state index in [1.807, 2.05) is 0 Å². The van der Waals surface area contributed by atoms with Crippen LogP contribution in [0.15, 0.2) is 18.2 Å².